The third kappa shape index (κ3) is 3.20. The monoisotopic (exact) mass is 357 g/mol. The standard InChI is InChI=1S/C19H23N3O4/c1-11-17(12(2)26-22-11)16-8-14-7-15(10-23)25-18(14)19(21-16)20-9-13-3-5-24-6-4-13/h7-8,13,23H,3-6,9-10H2,1-2H3,(H,20,21). The van der Waals surface area contributed by atoms with Gasteiger partial charge in [-0.2, -0.15) is 0 Å². The van der Waals surface area contributed by atoms with Crippen LogP contribution in [0, 0.1) is 19.8 Å². The highest BCUT2D eigenvalue weighted by Gasteiger charge is 2.19. The summed E-state index contributed by atoms with van der Waals surface area (Å²) in [4.78, 5) is 4.78. The Bertz CT molecular complexity index is 890. The minimum Gasteiger partial charge on any atom is -0.455 e. The van der Waals surface area contributed by atoms with E-state index in [4.69, 9.17) is 18.7 Å². The third-order valence-electron chi connectivity index (χ3n) is 4.90. The van der Waals surface area contributed by atoms with Gasteiger partial charge in [-0.3, -0.25) is 0 Å². The molecule has 1 saturated heterocycles. The Morgan fingerprint density at radius 3 is 2.73 bits per heavy atom. The van der Waals surface area contributed by atoms with Gasteiger partial charge >= 0.3 is 0 Å². The second-order valence-corrected chi connectivity index (χ2v) is 6.78. The lowest BCUT2D eigenvalue weighted by Gasteiger charge is -2.22. The second-order valence-electron chi connectivity index (χ2n) is 6.78. The highest BCUT2D eigenvalue weighted by molar-refractivity contribution is 5.91. The average molecular weight is 357 g/mol. The molecular weight excluding hydrogens is 334 g/mol. The Morgan fingerprint density at radius 1 is 1.23 bits per heavy atom. The van der Waals surface area contributed by atoms with Crippen LogP contribution in [0.25, 0.3) is 22.2 Å². The van der Waals surface area contributed by atoms with E-state index in [1.165, 1.54) is 0 Å². The highest BCUT2D eigenvalue weighted by Crippen LogP contribution is 2.33. The highest BCUT2D eigenvalue weighted by atomic mass is 16.5. The Hall–Kier alpha value is -2.38. The number of rotatable bonds is 5. The molecule has 0 aromatic carbocycles. The molecule has 0 unspecified atom stereocenters. The molecule has 1 fully saturated rings. The predicted molar refractivity (Wildman–Crippen MR) is 96.9 cm³/mol. The maximum atomic E-state index is 9.43. The molecule has 3 aromatic rings. The van der Waals surface area contributed by atoms with Crippen molar-refractivity contribution in [3.05, 3.63) is 29.3 Å². The van der Waals surface area contributed by atoms with Crippen LogP contribution in [0.1, 0.15) is 30.1 Å². The van der Waals surface area contributed by atoms with Crippen molar-refractivity contribution >= 4 is 16.8 Å². The molecule has 0 saturated carbocycles. The molecule has 2 N–H and O–H groups in total. The van der Waals surface area contributed by atoms with Gasteiger partial charge in [-0.1, -0.05) is 5.16 Å². The van der Waals surface area contributed by atoms with Gasteiger partial charge in [0, 0.05) is 25.1 Å². The van der Waals surface area contributed by atoms with Gasteiger partial charge in [0.2, 0.25) is 0 Å². The van der Waals surface area contributed by atoms with Crippen molar-refractivity contribution in [2.24, 2.45) is 5.92 Å². The van der Waals surface area contributed by atoms with Crippen molar-refractivity contribution in [2.75, 3.05) is 25.1 Å². The fourth-order valence-corrected chi connectivity index (χ4v) is 3.47. The largest absolute Gasteiger partial charge is 0.455 e. The molecule has 0 bridgehead atoms. The van der Waals surface area contributed by atoms with E-state index in [9.17, 15) is 5.11 Å². The number of fused-ring (bicyclic) bond motifs is 1. The Morgan fingerprint density at radius 2 is 2.04 bits per heavy atom. The normalized spacial score (nSPS) is 15.7. The van der Waals surface area contributed by atoms with E-state index >= 15 is 0 Å². The minimum atomic E-state index is -0.144. The zero-order valence-corrected chi connectivity index (χ0v) is 15.0. The summed E-state index contributed by atoms with van der Waals surface area (Å²) in [5.74, 6) is 2.49. The Labute approximate surface area is 151 Å². The summed E-state index contributed by atoms with van der Waals surface area (Å²) in [5.41, 5.74) is 3.15. The fraction of sp³-hybridized carbons (Fsp3) is 0.474. The van der Waals surface area contributed by atoms with E-state index in [0.29, 0.717) is 23.1 Å². The first kappa shape index (κ1) is 17.1. The van der Waals surface area contributed by atoms with Crippen LogP contribution in [0.3, 0.4) is 0 Å². The van der Waals surface area contributed by atoms with Gasteiger partial charge in [-0.05, 0) is 44.7 Å². The van der Waals surface area contributed by atoms with Crippen molar-refractivity contribution in [3.63, 3.8) is 0 Å². The number of hydrogen-bond acceptors (Lipinski definition) is 7. The first-order valence-corrected chi connectivity index (χ1v) is 8.95. The summed E-state index contributed by atoms with van der Waals surface area (Å²) in [6.07, 6.45) is 2.08. The fourth-order valence-electron chi connectivity index (χ4n) is 3.47. The van der Waals surface area contributed by atoms with Crippen LogP contribution in [0.4, 0.5) is 5.82 Å². The van der Waals surface area contributed by atoms with Crippen molar-refractivity contribution in [2.45, 2.75) is 33.3 Å². The summed E-state index contributed by atoms with van der Waals surface area (Å²) >= 11 is 0. The first-order chi connectivity index (χ1) is 12.7. The maximum Gasteiger partial charge on any atom is 0.176 e. The molecule has 7 nitrogen and oxygen atoms in total. The number of aromatic nitrogens is 2. The van der Waals surface area contributed by atoms with E-state index in [0.717, 1.165) is 60.7 Å². The smallest absolute Gasteiger partial charge is 0.176 e. The molecule has 26 heavy (non-hydrogen) atoms. The molecule has 0 spiro atoms. The number of aliphatic hydroxyl groups excluding tert-OH is 1. The molecule has 4 rings (SSSR count). The first-order valence-electron chi connectivity index (χ1n) is 8.95. The third-order valence-corrected chi connectivity index (χ3v) is 4.90. The van der Waals surface area contributed by atoms with Crippen LogP contribution < -0.4 is 5.32 Å². The summed E-state index contributed by atoms with van der Waals surface area (Å²) in [5, 5.41) is 17.8. The molecule has 7 heteroatoms. The molecule has 138 valence electrons. The van der Waals surface area contributed by atoms with Gasteiger partial charge in [-0.25, -0.2) is 4.98 Å². The van der Waals surface area contributed by atoms with Gasteiger partial charge < -0.3 is 24.1 Å². The van der Waals surface area contributed by atoms with E-state index in [1.807, 2.05) is 26.0 Å². The minimum absolute atomic E-state index is 0.144. The maximum absolute atomic E-state index is 9.43. The number of nitrogens with one attached hydrogen (secondary N) is 1. The Balaban J connectivity index is 1.72. The lowest BCUT2D eigenvalue weighted by atomic mass is 10.0. The molecule has 3 aromatic heterocycles. The molecule has 0 amide bonds. The van der Waals surface area contributed by atoms with E-state index in [-0.39, 0.29) is 6.61 Å². The van der Waals surface area contributed by atoms with E-state index in [2.05, 4.69) is 10.5 Å². The molecule has 4 heterocycles. The number of nitrogens with zero attached hydrogens (tertiary/aromatic N) is 2. The van der Waals surface area contributed by atoms with Crippen molar-refractivity contribution < 1.29 is 18.8 Å². The number of anilines is 1. The zero-order chi connectivity index (χ0) is 18.1. The topological polar surface area (TPSA) is 93.6 Å². The average Bonchev–Trinajstić information content (AvgIpc) is 3.23. The van der Waals surface area contributed by atoms with Crippen LogP contribution in [-0.4, -0.2) is 35.0 Å². The van der Waals surface area contributed by atoms with Crippen LogP contribution in [0.15, 0.2) is 21.1 Å². The number of hydrogen-bond donors (Lipinski definition) is 2. The number of furan rings is 1. The number of pyridine rings is 1. The summed E-state index contributed by atoms with van der Waals surface area (Å²) in [6, 6.07) is 3.79. The molecule has 0 radical (unpaired) electrons. The molecule has 0 aliphatic carbocycles. The SMILES string of the molecule is Cc1noc(C)c1-c1cc2cc(CO)oc2c(NCC2CCOCC2)n1. The van der Waals surface area contributed by atoms with Crippen LogP contribution >= 0.6 is 0 Å². The number of ether oxygens (including phenoxy) is 1. The second kappa shape index (κ2) is 7.09. The summed E-state index contributed by atoms with van der Waals surface area (Å²) < 4.78 is 16.5. The van der Waals surface area contributed by atoms with Crippen LogP contribution in [0.5, 0.6) is 0 Å². The van der Waals surface area contributed by atoms with E-state index < -0.39 is 0 Å². The van der Waals surface area contributed by atoms with Crippen LogP contribution in [0.2, 0.25) is 0 Å². The quantitative estimate of drug-likeness (QED) is 0.722. The van der Waals surface area contributed by atoms with Crippen LogP contribution in [-0.2, 0) is 11.3 Å². The number of aryl methyl sites for hydroxylation is 2. The summed E-state index contributed by atoms with van der Waals surface area (Å²) in [7, 11) is 0. The van der Waals surface area contributed by atoms with Crippen molar-refractivity contribution in [3.8, 4) is 11.3 Å². The molecule has 1 aliphatic rings. The van der Waals surface area contributed by atoms with Crippen molar-refractivity contribution in [1.82, 2.24) is 10.1 Å². The molecule has 0 atom stereocenters. The molecule has 1 aliphatic heterocycles. The predicted octanol–water partition coefficient (Wildman–Crippen LogP) is 3.43. The van der Waals surface area contributed by atoms with Gasteiger partial charge in [-0.15, -0.1) is 0 Å². The lowest BCUT2D eigenvalue weighted by Crippen LogP contribution is -2.23. The molecular formula is C19H23N3O4. The lowest BCUT2D eigenvalue weighted by molar-refractivity contribution is 0.0699. The number of aliphatic hydroxyl groups is 1. The van der Waals surface area contributed by atoms with Crippen molar-refractivity contribution in [1.29, 1.82) is 0 Å². The Kier molecular flexibility index (Phi) is 4.65. The zero-order valence-electron chi connectivity index (χ0n) is 15.0. The van der Waals surface area contributed by atoms with Gasteiger partial charge in [0.15, 0.2) is 11.4 Å². The summed E-state index contributed by atoms with van der Waals surface area (Å²) in [6.45, 7) is 6.07. The van der Waals surface area contributed by atoms with Gasteiger partial charge in [0.05, 0.1) is 17.0 Å². The van der Waals surface area contributed by atoms with Gasteiger partial charge in [0.25, 0.3) is 0 Å². The van der Waals surface area contributed by atoms with E-state index in [1.54, 1.807) is 0 Å². The van der Waals surface area contributed by atoms with Gasteiger partial charge in [0.1, 0.15) is 18.1 Å².